The van der Waals surface area contributed by atoms with Crippen molar-refractivity contribution in [3.8, 4) is 0 Å². The van der Waals surface area contributed by atoms with Crippen LogP contribution in [0.1, 0.15) is 18.9 Å². The van der Waals surface area contributed by atoms with Crippen LogP contribution in [-0.4, -0.2) is 31.5 Å². The van der Waals surface area contributed by atoms with Crippen LogP contribution in [0.3, 0.4) is 0 Å². The molecule has 0 aromatic heterocycles. The standard InChI is InChI=1S/C18H25N5O/c1-4-17(24-3)12-7-5-6-9-15-10-8-11-16(13-15)22-18(20)23(2)21-14-19/h5-14H,4H2,1-3H3,(H2,19,21)(H2,20,22)/b7-5-,9-6+,17-12+. The van der Waals surface area contributed by atoms with Gasteiger partial charge in [-0.1, -0.05) is 43.4 Å². The Morgan fingerprint density at radius 3 is 2.75 bits per heavy atom. The van der Waals surface area contributed by atoms with Crippen LogP contribution in [0.4, 0.5) is 5.69 Å². The van der Waals surface area contributed by atoms with E-state index in [4.69, 9.17) is 16.2 Å². The summed E-state index contributed by atoms with van der Waals surface area (Å²) in [5, 5.41) is 5.23. The minimum absolute atomic E-state index is 0.259. The SMILES string of the molecule is CC\C(=C/C=C\C=C\c1cccc(N=C(N)N(C)/N=C/N)c1)OC. The van der Waals surface area contributed by atoms with Crippen molar-refractivity contribution in [2.24, 2.45) is 21.6 Å². The Kier molecular flexibility index (Phi) is 8.45. The minimum atomic E-state index is 0.259. The second-order valence-electron chi connectivity index (χ2n) is 4.79. The van der Waals surface area contributed by atoms with Gasteiger partial charge in [0.05, 0.1) is 18.6 Å². The summed E-state index contributed by atoms with van der Waals surface area (Å²) in [6, 6.07) is 7.71. The van der Waals surface area contributed by atoms with Crippen molar-refractivity contribution in [2.45, 2.75) is 13.3 Å². The average molecular weight is 327 g/mol. The number of hydrogen-bond donors (Lipinski definition) is 2. The number of hydrogen-bond acceptors (Lipinski definition) is 3. The maximum Gasteiger partial charge on any atom is 0.217 e. The molecule has 0 amide bonds. The van der Waals surface area contributed by atoms with E-state index in [1.807, 2.05) is 61.6 Å². The quantitative estimate of drug-likeness (QED) is 0.265. The van der Waals surface area contributed by atoms with Gasteiger partial charge in [-0.2, -0.15) is 5.10 Å². The Hall–Kier alpha value is -3.02. The fraction of sp³-hybridized carbons (Fsp3) is 0.222. The van der Waals surface area contributed by atoms with E-state index in [1.165, 1.54) is 5.01 Å². The smallest absolute Gasteiger partial charge is 0.217 e. The van der Waals surface area contributed by atoms with E-state index < -0.39 is 0 Å². The number of aliphatic imine (C=N–C) groups is 1. The molecule has 6 heteroatoms. The lowest BCUT2D eigenvalue weighted by Crippen LogP contribution is -2.29. The van der Waals surface area contributed by atoms with E-state index in [0.29, 0.717) is 0 Å². The van der Waals surface area contributed by atoms with Crippen molar-refractivity contribution in [3.63, 3.8) is 0 Å². The average Bonchev–Trinajstić information content (AvgIpc) is 2.58. The number of hydrazone groups is 1. The zero-order chi connectivity index (χ0) is 17.8. The summed E-state index contributed by atoms with van der Waals surface area (Å²) in [6.45, 7) is 2.05. The zero-order valence-electron chi connectivity index (χ0n) is 14.4. The molecule has 6 nitrogen and oxygen atoms in total. The molecule has 0 spiro atoms. The molecule has 0 bridgehead atoms. The molecule has 1 aromatic carbocycles. The van der Waals surface area contributed by atoms with Gasteiger partial charge in [0.15, 0.2) is 0 Å². The summed E-state index contributed by atoms with van der Waals surface area (Å²) in [4.78, 5) is 4.30. The minimum Gasteiger partial charge on any atom is -0.501 e. The Morgan fingerprint density at radius 2 is 2.08 bits per heavy atom. The summed E-state index contributed by atoms with van der Waals surface area (Å²) >= 11 is 0. The fourth-order valence-corrected chi connectivity index (χ4v) is 1.79. The molecule has 0 aliphatic heterocycles. The maximum absolute atomic E-state index is 5.84. The topological polar surface area (TPSA) is 89.2 Å². The van der Waals surface area contributed by atoms with Crippen LogP contribution in [0.15, 0.2) is 64.4 Å². The van der Waals surface area contributed by atoms with Gasteiger partial charge in [-0.25, -0.2) is 10.0 Å². The van der Waals surface area contributed by atoms with E-state index >= 15 is 0 Å². The predicted octanol–water partition coefficient (Wildman–Crippen LogP) is 2.98. The third-order valence-corrected chi connectivity index (χ3v) is 3.09. The Labute approximate surface area is 143 Å². The third-order valence-electron chi connectivity index (χ3n) is 3.09. The van der Waals surface area contributed by atoms with Gasteiger partial charge in [0.1, 0.15) is 6.34 Å². The molecule has 0 heterocycles. The van der Waals surface area contributed by atoms with Gasteiger partial charge in [-0.05, 0) is 23.8 Å². The Morgan fingerprint density at radius 1 is 1.29 bits per heavy atom. The first-order valence-corrected chi connectivity index (χ1v) is 7.60. The highest BCUT2D eigenvalue weighted by Gasteiger charge is 1.99. The second-order valence-corrected chi connectivity index (χ2v) is 4.79. The van der Waals surface area contributed by atoms with E-state index in [2.05, 4.69) is 10.1 Å². The molecule has 1 aromatic rings. The molecule has 0 radical (unpaired) electrons. The molecule has 0 aliphatic carbocycles. The molecule has 4 N–H and O–H groups in total. The Balaban J connectivity index is 2.79. The molecule has 0 saturated carbocycles. The van der Waals surface area contributed by atoms with Crippen LogP contribution in [-0.2, 0) is 4.74 Å². The van der Waals surface area contributed by atoms with Gasteiger partial charge >= 0.3 is 0 Å². The molecular weight excluding hydrogens is 302 g/mol. The number of guanidine groups is 1. The lowest BCUT2D eigenvalue weighted by molar-refractivity contribution is 0.281. The largest absolute Gasteiger partial charge is 0.501 e. The highest BCUT2D eigenvalue weighted by atomic mass is 16.5. The van der Waals surface area contributed by atoms with Crippen molar-refractivity contribution in [2.75, 3.05) is 14.2 Å². The highest BCUT2D eigenvalue weighted by molar-refractivity contribution is 5.81. The third kappa shape index (κ3) is 6.83. The van der Waals surface area contributed by atoms with Crippen LogP contribution in [0.25, 0.3) is 6.08 Å². The number of benzene rings is 1. The van der Waals surface area contributed by atoms with Crippen LogP contribution in [0.2, 0.25) is 0 Å². The first-order valence-electron chi connectivity index (χ1n) is 7.60. The summed E-state index contributed by atoms with van der Waals surface area (Å²) < 4.78 is 5.19. The normalized spacial score (nSPS) is 13.3. The lowest BCUT2D eigenvalue weighted by Gasteiger charge is -2.10. The fourth-order valence-electron chi connectivity index (χ4n) is 1.79. The Bertz CT molecular complexity index is 653. The molecule has 0 fully saturated rings. The van der Waals surface area contributed by atoms with E-state index in [9.17, 15) is 0 Å². The van der Waals surface area contributed by atoms with Crippen LogP contribution in [0, 0.1) is 0 Å². The monoisotopic (exact) mass is 327 g/mol. The van der Waals surface area contributed by atoms with Gasteiger partial charge in [-0.15, -0.1) is 0 Å². The number of methoxy groups -OCH3 is 1. The van der Waals surface area contributed by atoms with Crippen molar-refractivity contribution >= 4 is 24.1 Å². The predicted molar refractivity (Wildman–Crippen MR) is 102 cm³/mol. The molecule has 0 atom stereocenters. The molecule has 128 valence electrons. The van der Waals surface area contributed by atoms with Crippen molar-refractivity contribution in [3.05, 3.63) is 59.9 Å². The molecule has 0 aliphatic rings. The van der Waals surface area contributed by atoms with Crippen molar-refractivity contribution in [1.82, 2.24) is 5.01 Å². The number of ether oxygens (including phenoxy) is 1. The number of nitrogens with two attached hydrogens (primary N) is 2. The highest BCUT2D eigenvalue weighted by Crippen LogP contribution is 2.15. The van der Waals surface area contributed by atoms with Gasteiger partial charge in [0.25, 0.3) is 0 Å². The van der Waals surface area contributed by atoms with Crippen molar-refractivity contribution < 1.29 is 4.74 Å². The number of rotatable bonds is 7. The lowest BCUT2D eigenvalue weighted by atomic mass is 10.2. The first-order chi connectivity index (χ1) is 11.6. The van der Waals surface area contributed by atoms with Gasteiger partial charge in [-0.3, -0.25) is 0 Å². The number of allylic oxidation sites excluding steroid dienone is 5. The first kappa shape index (κ1) is 19.0. The van der Waals surface area contributed by atoms with Crippen LogP contribution >= 0.6 is 0 Å². The van der Waals surface area contributed by atoms with E-state index in [1.54, 1.807) is 14.2 Å². The second kappa shape index (κ2) is 10.7. The molecule has 24 heavy (non-hydrogen) atoms. The van der Waals surface area contributed by atoms with Gasteiger partial charge in [0.2, 0.25) is 5.96 Å². The molecule has 0 unspecified atom stereocenters. The van der Waals surface area contributed by atoms with Crippen molar-refractivity contribution in [1.29, 1.82) is 0 Å². The summed E-state index contributed by atoms with van der Waals surface area (Å²) in [5.74, 6) is 1.20. The maximum atomic E-state index is 5.84. The molecule has 1 rings (SSSR count). The van der Waals surface area contributed by atoms with Gasteiger partial charge in [0, 0.05) is 13.5 Å². The summed E-state index contributed by atoms with van der Waals surface area (Å²) in [7, 11) is 3.35. The van der Waals surface area contributed by atoms with Crippen LogP contribution < -0.4 is 11.5 Å². The zero-order valence-corrected chi connectivity index (χ0v) is 14.4. The summed E-state index contributed by atoms with van der Waals surface area (Å²) in [6.07, 6.45) is 11.8. The molecular formula is C18H25N5O. The summed E-state index contributed by atoms with van der Waals surface area (Å²) in [5.41, 5.74) is 12.8. The van der Waals surface area contributed by atoms with E-state index in [0.717, 1.165) is 29.8 Å². The van der Waals surface area contributed by atoms with Gasteiger partial charge < -0.3 is 16.2 Å². The van der Waals surface area contributed by atoms with E-state index in [-0.39, 0.29) is 5.96 Å². The molecule has 0 saturated heterocycles. The van der Waals surface area contributed by atoms with Crippen LogP contribution in [0.5, 0.6) is 0 Å². The number of nitrogens with zero attached hydrogens (tertiary/aromatic N) is 3.